The molecule has 0 bridgehead atoms. The van der Waals surface area contributed by atoms with Gasteiger partial charge >= 0.3 is 5.97 Å². The molecule has 0 aliphatic heterocycles. The first-order valence-electron chi connectivity index (χ1n) is 3.62. The van der Waals surface area contributed by atoms with Crippen molar-refractivity contribution < 1.29 is 14.6 Å². The molecule has 0 aromatic carbocycles. The van der Waals surface area contributed by atoms with Crippen molar-refractivity contribution in [1.82, 2.24) is 0 Å². The highest BCUT2D eigenvalue weighted by Crippen LogP contribution is 2.04. The van der Waals surface area contributed by atoms with Gasteiger partial charge in [-0.15, -0.1) is 0 Å². The van der Waals surface area contributed by atoms with Gasteiger partial charge in [0.1, 0.15) is 0 Å². The van der Waals surface area contributed by atoms with Crippen LogP contribution < -0.4 is 0 Å². The van der Waals surface area contributed by atoms with E-state index in [1.165, 1.54) is 7.11 Å². The van der Waals surface area contributed by atoms with Crippen molar-refractivity contribution in [3.63, 3.8) is 0 Å². The van der Waals surface area contributed by atoms with Crippen molar-refractivity contribution in [3.8, 4) is 0 Å². The van der Waals surface area contributed by atoms with Crippen molar-refractivity contribution in [2.45, 2.75) is 19.8 Å². The molecule has 0 saturated carbocycles. The smallest absolute Gasteiger partial charge is 0.298 e. The first-order chi connectivity index (χ1) is 5.31. The standard InChI is InChI=1S/C7H14O3S/c1-3-4-5-11-6-7(8)10-9-2/h3-6H2,1-2H3. The average molecular weight is 178 g/mol. The minimum Gasteiger partial charge on any atom is -0.298 e. The summed E-state index contributed by atoms with van der Waals surface area (Å²) in [5.74, 6) is 1.08. The van der Waals surface area contributed by atoms with Crippen LogP contribution in [0.1, 0.15) is 19.8 Å². The third-order valence-corrected chi connectivity index (χ3v) is 2.06. The molecule has 0 fully saturated rings. The van der Waals surface area contributed by atoms with Gasteiger partial charge in [-0.25, -0.2) is 4.79 Å². The summed E-state index contributed by atoms with van der Waals surface area (Å²) < 4.78 is 0. The third-order valence-electron chi connectivity index (χ3n) is 1.04. The molecule has 0 aromatic heterocycles. The SMILES string of the molecule is CCCCSCC(=O)OOC. The van der Waals surface area contributed by atoms with Crippen LogP contribution in [0.2, 0.25) is 0 Å². The van der Waals surface area contributed by atoms with Crippen LogP contribution in [0.15, 0.2) is 0 Å². The highest BCUT2D eigenvalue weighted by atomic mass is 32.2. The van der Waals surface area contributed by atoms with E-state index < -0.39 is 0 Å². The summed E-state index contributed by atoms with van der Waals surface area (Å²) in [5.41, 5.74) is 0. The van der Waals surface area contributed by atoms with Crippen LogP contribution in [0, 0.1) is 0 Å². The normalized spacial score (nSPS) is 9.64. The molecule has 0 saturated heterocycles. The molecule has 0 radical (unpaired) electrons. The lowest BCUT2D eigenvalue weighted by Gasteiger charge is -1.98. The molecule has 66 valence electrons. The Morgan fingerprint density at radius 2 is 2.27 bits per heavy atom. The summed E-state index contributed by atoms with van der Waals surface area (Å²) in [7, 11) is 1.33. The molecule has 0 aliphatic carbocycles. The van der Waals surface area contributed by atoms with Crippen molar-refractivity contribution in [3.05, 3.63) is 0 Å². The summed E-state index contributed by atoms with van der Waals surface area (Å²) in [6, 6.07) is 0. The minimum atomic E-state index is -0.311. The van der Waals surface area contributed by atoms with E-state index in [9.17, 15) is 4.79 Å². The van der Waals surface area contributed by atoms with Gasteiger partial charge in [0.2, 0.25) is 0 Å². The van der Waals surface area contributed by atoms with Crippen molar-refractivity contribution >= 4 is 17.7 Å². The van der Waals surface area contributed by atoms with Gasteiger partial charge in [-0.2, -0.15) is 16.6 Å². The Kier molecular flexibility index (Phi) is 7.72. The largest absolute Gasteiger partial charge is 0.352 e. The van der Waals surface area contributed by atoms with Crippen LogP contribution in [0.3, 0.4) is 0 Å². The van der Waals surface area contributed by atoms with E-state index in [-0.39, 0.29) is 5.97 Å². The molecule has 0 atom stereocenters. The topological polar surface area (TPSA) is 35.5 Å². The average Bonchev–Trinajstić information content (AvgIpc) is 1.99. The maximum atomic E-state index is 10.6. The Morgan fingerprint density at radius 1 is 1.55 bits per heavy atom. The zero-order valence-corrected chi connectivity index (χ0v) is 7.78. The number of carbonyl (C=O) groups excluding carboxylic acids is 1. The van der Waals surface area contributed by atoms with E-state index >= 15 is 0 Å². The van der Waals surface area contributed by atoms with Gasteiger partial charge in [0, 0.05) is 0 Å². The second kappa shape index (κ2) is 7.88. The molecule has 0 unspecified atom stereocenters. The van der Waals surface area contributed by atoms with E-state index in [4.69, 9.17) is 0 Å². The fraction of sp³-hybridized carbons (Fsp3) is 0.857. The number of thioether (sulfide) groups is 1. The van der Waals surface area contributed by atoms with Crippen LogP contribution >= 0.6 is 11.8 Å². The maximum Gasteiger partial charge on any atom is 0.352 e. The number of hydrogen-bond acceptors (Lipinski definition) is 4. The van der Waals surface area contributed by atoms with Crippen LogP contribution in [-0.4, -0.2) is 24.6 Å². The summed E-state index contributed by atoms with van der Waals surface area (Å²) in [6.45, 7) is 2.12. The first kappa shape index (κ1) is 10.8. The molecular formula is C7H14O3S. The van der Waals surface area contributed by atoms with Gasteiger partial charge < -0.3 is 0 Å². The minimum absolute atomic E-state index is 0.311. The number of carbonyl (C=O) groups is 1. The van der Waals surface area contributed by atoms with E-state index in [1.807, 2.05) is 0 Å². The van der Waals surface area contributed by atoms with Crippen LogP contribution in [0.25, 0.3) is 0 Å². The fourth-order valence-electron chi connectivity index (χ4n) is 0.519. The first-order valence-corrected chi connectivity index (χ1v) is 4.78. The molecule has 3 nitrogen and oxygen atoms in total. The molecular weight excluding hydrogens is 164 g/mol. The predicted octanol–water partition coefficient (Wildman–Crippen LogP) is 1.62. The Bertz CT molecular complexity index is 106. The van der Waals surface area contributed by atoms with Crippen molar-refractivity contribution in [2.24, 2.45) is 0 Å². The van der Waals surface area contributed by atoms with Gasteiger partial charge in [-0.05, 0) is 12.2 Å². The van der Waals surface area contributed by atoms with Gasteiger partial charge in [-0.1, -0.05) is 13.3 Å². The third kappa shape index (κ3) is 7.68. The van der Waals surface area contributed by atoms with Crippen molar-refractivity contribution in [2.75, 3.05) is 18.6 Å². The van der Waals surface area contributed by atoms with E-state index in [0.717, 1.165) is 18.6 Å². The van der Waals surface area contributed by atoms with Gasteiger partial charge in [0.05, 0.1) is 12.9 Å². The lowest BCUT2D eigenvalue weighted by atomic mass is 10.4. The quantitative estimate of drug-likeness (QED) is 0.352. The summed E-state index contributed by atoms with van der Waals surface area (Å²) in [6.07, 6.45) is 2.30. The molecule has 0 aliphatic rings. The van der Waals surface area contributed by atoms with Gasteiger partial charge in [-0.3, -0.25) is 4.89 Å². The Hall–Kier alpha value is -0.220. The molecule has 0 rings (SSSR count). The maximum absolute atomic E-state index is 10.6. The van der Waals surface area contributed by atoms with E-state index in [1.54, 1.807) is 11.8 Å². The second-order valence-corrected chi connectivity index (χ2v) is 3.13. The summed E-state index contributed by atoms with van der Waals surface area (Å²) in [4.78, 5) is 19.1. The summed E-state index contributed by atoms with van der Waals surface area (Å²) in [5, 5.41) is 0. The zero-order chi connectivity index (χ0) is 8.53. The summed E-state index contributed by atoms with van der Waals surface area (Å²) >= 11 is 1.57. The lowest BCUT2D eigenvalue weighted by Crippen LogP contribution is -2.06. The van der Waals surface area contributed by atoms with Crippen LogP contribution in [-0.2, 0) is 14.6 Å². The zero-order valence-electron chi connectivity index (χ0n) is 6.96. The molecule has 0 heterocycles. The van der Waals surface area contributed by atoms with Gasteiger partial charge in [0.25, 0.3) is 0 Å². The monoisotopic (exact) mass is 178 g/mol. The van der Waals surface area contributed by atoms with Crippen molar-refractivity contribution in [1.29, 1.82) is 0 Å². The van der Waals surface area contributed by atoms with Crippen LogP contribution in [0.4, 0.5) is 0 Å². The highest BCUT2D eigenvalue weighted by Gasteiger charge is 2.01. The number of hydrogen-bond donors (Lipinski definition) is 0. The Balaban J connectivity index is 3.04. The van der Waals surface area contributed by atoms with Crippen LogP contribution in [0.5, 0.6) is 0 Å². The molecule has 0 spiro atoms. The van der Waals surface area contributed by atoms with Gasteiger partial charge in [0.15, 0.2) is 0 Å². The number of unbranched alkanes of at least 4 members (excludes halogenated alkanes) is 1. The fourth-order valence-corrected chi connectivity index (χ4v) is 1.37. The Morgan fingerprint density at radius 3 is 2.82 bits per heavy atom. The molecule has 4 heteroatoms. The predicted molar refractivity (Wildman–Crippen MR) is 45.3 cm³/mol. The highest BCUT2D eigenvalue weighted by molar-refractivity contribution is 7.99. The Labute approximate surface area is 71.4 Å². The molecule has 0 aromatic rings. The lowest BCUT2D eigenvalue weighted by molar-refractivity contribution is -0.252. The molecule has 11 heavy (non-hydrogen) atoms. The second-order valence-electron chi connectivity index (χ2n) is 2.03. The number of rotatable bonds is 6. The van der Waals surface area contributed by atoms with E-state index in [2.05, 4.69) is 16.7 Å². The molecule has 0 amide bonds. The van der Waals surface area contributed by atoms with E-state index in [0.29, 0.717) is 5.75 Å². The molecule has 0 N–H and O–H groups in total.